The molecule has 2 saturated heterocycles. The summed E-state index contributed by atoms with van der Waals surface area (Å²) in [5.74, 6) is -9.89. The van der Waals surface area contributed by atoms with Crippen LogP contribution in [0.5, 0.6) is 0 Å². The molecule has 2 amide bonds. The second-order valence-corrected chi connectivity index (χ2v) is 9.74. The van der Waals surface area contributed by atoms with Crippen LogP contribution in [0.15, 0.2) is 18.2 Å². The van der Waals surface area contributed by atoms with Gasteiger partial charge in [0.1, 0.15) is 23.2 Å². The van der Waals surface area contributed by atoms with Gasteiger partial charge in [-0.3, -0.25) is 9.69 Å². The monoisotopic (exact) mass is 588 g/mol. The van der Waals surface area contributed by atoms with Gasteiger partial charge in [-0.1, -0.05) is 0 Å². The Bertz CT molecular complexity index is 1430. The van der Waals surface area contributed by atoms with Gasteiger partial charge in [0, 0.05) is 50.9 Å². The number of ether oxygens (including phenoxy) is 1. The first-order valence-electron chi connectivity index (χ1n) is 12.6. The number of amides is 2. The van der Waals surface area contributed by atoms with E-state index in [1.54, 1.807) is 23.1 Å². The number of hydrogen-bond acceptors (Lipinski definition) is 6. The number of halogens is 7. The zero-order valence-corrected chi connectivity index (χ0v) is 21.3. The van der Waals surface area contributed by atoms with Crippen LogP contribution in [0.4, 0.5) is 35.5 Å². The van der Waals surface area contributed by atoms with Crippen LogP contribution < -0.4 is 0 Å². The van der Waals surface area contributed by atoms with Gasteiger partial charge in [0.15, 0.2) is 23.3 Å². The molecule has 3 aromatic rings. The number of piperidine rings is 1. The molecule has 0 bridgehead atoms. The van der Waals surface area contributed by atoms with Gasteiger partial charge in [-0.2, -0.15) is 28.6 Å². The Hall–Kier alpha value is -3.95. The summed E-state index contributed by atoms with van der Waals surface area (Å²) in [5.41, 5.74) is -2.39. The Labute approximate surface area is 227 Å². The zero-order chi connectivity index (χ0) is 29.5. The molecule has 0 aliphatic carbocycles. The molecule has 5 rings (SSSR count). The van der Waals surface area contributed by atoms with Crippen molar-refractivity contribution in [3.63, 3.8) is 0 Å². The van der Waals surface area contributed by atoms with Crippen molar-refractivity contribution >= 4 is 23.0 Å². The quantitative estimate of drug-likeness (QED) is 0.365. The Kier molecular flexibility index (Phi) is 7.76. The lowest BCUT2D eigenvalue weighted by molar-refractivity contribution is -0.143. The third kappa shape index (κ3) is 5.64. The van der Waals surface area contributed by atoms with E-state index in [0.717, 1.165) is 0 Å². The van der Waals surface area contributed by atoms with Crippen LogP contribution in [0.2, 0.25) is 0 Å². The molecule has 3 heterocycles. The maximum absolute atomic E-state index is 14.1. The molecule has 0 spiro atoms. The van der Waals surface area contributed by atoms with Crippen molar-refractivity contribution in [3.05, 3.63) is 58.2 Å². The fraction of sp³-hybridized carbons (Fsp3) is 0.440. The maximum Gasteiger partial charge on any atom is 0.422 e. The van der Waals surface area contributed by atoms with Gasteiger partial charge in [0.2, 0.25) is 0 Å². The number of alkyl halides is 3. The second-order valence-electron chi connectivity index (χ2n) is 9.74. The molecule has 0 unspecified atom stereocenters. The molecule has 0 saturated carbocycles. The van der Waals surface area contributed by atoms with Crippen molar-refractivity contribution in [1.29, 1.82) is 0 Å². The fourth-order valence-electron chi connectivity index (χ4n) is 5.14. The van der Waals surface area contributed by atoms with Crippen LogP contribution in [-0.2, 0) is 17.5 Å². The first kappa shape index (κ1) is 28.6. The van der Waals surface area contributed by atoms with E-state index in [1.165, 1.54) is 4.90 Å². The van der Waals surface area contributed by atoms with Crippen LogP contribution in [0.25, 0.3) is 11.0 Å². The van der Waals surface area contributed by atoms with Crippen LogP contribution in [0, 0.1) is 23.3 Å². The van der Waals surface area contributed by atoms with Crippen molar-refractivity contribution in [2.45, 2.75) is 31.7 Å². The highest BCUT2D eigenvalue weighted by atomic mass is 19.4. The molecule has 1 aromatic heterocycles. The highest BCUT2D eigenvalue weighted by Crippen LogP contribution is 2.37. The lowest BCUT2D eigenvalue weighted by atomic mass is 10.0. The van der Waals surface area contributed by atoms with Crippen molar-refractivity contribution in [1.82, 2.24) is 30.1 Å². The lowest BCUT2D eigenvalue weighted by Gasteiger charge is -2.42. The van der Waals surface area contributed by atoms with Crippen molar-refractivity contribution < 1.29 is 45.1 Å². The summed E-state index contributed by atoms with van der Waals surface area (Å²) in [6.07, 6.45) is -5.30. The molecule has 0 radical (unpaired) electrons. The van der Waals surface area contributed by atoms with E-state index < -0.39 is 53.3 Å². The average Bonchev–Trinajstić information content (AvgIpc) is 3.43. The number of H-pyrrole nitrogens is 1. The number of carbonyl (C=O) groups is 2. The number of nitrogens with one attached hydrogen (secondary N) is 1. The molecule has 220 valence electrons. The van der Waals surface area contributed by atoms with Crippen molar-refractivity contribution in [2.75, 3.05) is 39.3 Å². The maximum atomic E-state index is 14.1. The summed E-state index contributed by atoms with van der Waals surface area (Å²) in [6.45, 7) is 0.983. The molecule has 16 heteroatoms. The summed E-state index contributed by atoms with van der Waals surface area (Å²) in [4.78, 5) is 30.5. The Balaban J connectivity index is 1.11. The SMILES string of the molecule is O=C(OCc1c(F)c(F)c(C(F)(F)F)c(F)c1F)N1CCN(C2CCN(C(=O)c3ccc4n[nH]nc4c3)CC2)CC1. The summed E-state index contributed by atoms with van der Waals surface area (Å²) in [6, 6.07) is 5.25. The minimum absolute atomic E-state index is 0.110. The number of aromatic nitrogens is 3. The molecule has 2 fully saturated rings. The van der Waals surface area contributed by atoms with Gasteiger partial charge >= 0.3 is 12.3 Å². The number of carbonyl (C=O) groups excluding carboxylic acids is 2. The zero-order valence-electron chi connectivity index (χ0n) is 21.3. The molecular weight excluding hydrogens is 565 g/mol. The van der Waals surface area contributed by atoms with Gasteiger partial charge in [-0.05, 0) is 31.0 Å². The van der Waals surface area contributed by atoms with E-state index in [-0.39, 0.29) is 25.0 Å². The number of benzene rings is 2. The Morgan fingerprint density at radius 2 is 1.46 bits per heavy atom. The number of likely N-dealkylation sites (tertiary alicyclic amines) is 1. The first-order valence-corrected chi connectivity index (χ1v) is 12.6. The van der Waals surface area contributed by atoms with Crippen LogP contribution in [0.1, 0.15) is 34.3 Å². The molecule has 41 heavy (non-hydrogen) atoms. The summed E-state index contributed by atoms with van der Waals surface area (Å²) < 4.78 is 98.8. The van der Waals surface area contributed by atoms with Crippen molar-refractivity contribution in [2.24, 2.45) is 0 Å². The van der Waals surface area contributed by atoms with Gasteiger partial charge in [0.25, 0.3) is 5.91 Å². The van der Waals surface area contributed by atoms with Gasteiger partial charge in [-0.15, -0.1) is 0 Å². The minimum atomic E-state index is -5.66. The molecule has 0 atom stereocenters. The molecule has 2 aliphatic heterocycles. The molecule has 2 aliphatic rings. The van der Waals surface area contributed by atoms with Gasteiger partial charge in [0.05, 0.1) is 5.56 Å². The number of fused-ring (bicyclic) bond motifs is 1. The van der Waals surface area contributed by atoms with E-state index >= 15 is 0 Å². The summed E-state index contributed by atoms with van der Waals surface area (Å²) >= 11 is 0. The number of piperazine rings is 1. The average molecular weight is 588 g/mol. The highest BCUT2D eigenvalue weighted by Gasteiger charge is 2.42. The van der Waals surface area contributed by atoms with Crippen LogP contribution in [-0.4, -0.2) is 87.4 Å². The number of rotatable bonds is 4. The predicted octanol–water partition coefficient (Wildman–Crippen LogP) is 4.09. The highest BCUT2D eigenvalue weighted by molar-refractivity contribution is 5.97. The number of hydrogen-bond donors (Lipinski definition) is 1. The third-order valence-corrected chi connectivity index (χ3v) is 7.38. The topological polar surface area (TPSA) is 94.7 Å². The minimum Gasteiger partial charge on any atom is -0.444 e. The van der Waals surface area contributed by atoms with Crippen LogP contribution in [0.3, 0.4) is 0 Å². The molecule has 2 aromatic carbocycles. The van der Waals surface area contributed by atoms with Gasteiger partial charge in [-0.25, -0.2) is 22.4 Å². The standard InChI is InChI=1S/C25H23F7N6O3/c26-19-15(20(27)22(29)18(21(19)28)25(30,31)32)12-41-24(40)38-9-7-36(8-10-38)14-3-5-37(6-4-14)23(39)13-1-2-16-17(11-13)34-35-33-16/h1-2,11,14H,3-10,12H2,(H,33,34,35). The summed E-state index contributed by atoms with van der Waals surface area (Å²) in [5, 5.41) is 10.5. The van der Waals surface area contributed by atoms with E-state index in [4.69, 9.17) is 4.74 Å². The molecule has 9 nitrogen and oxygen atoms in total. The van der Waals surface area contributed by atoms with E-state index in [2.05, 4.69) is 20.3 Å². The van der Waals surface area contributed by atoms with E-state index in [9.17, 15) is 40.3 Å². The Morgan fingerprint density at radius 3 is 2.07 bits per heavy atom. The van der Waals surface area contributed by atoms with Gasteiger partial charge < -0.3 is 14.5 Å². The fourth-order valence-corrected chi connectivity index (χ4v) is 5.14. The summed E-state index contributed by atoms with van der Waals surface area (Å²) in [7, 11) is 0. The predicted molar refractivity (Wildman–Crippen MR) is 127 cm³/mol. The smallest absolute Gasteiger partial charge is 0.422 e. The largest absolute Gasteiger partial charge is 0.444 e. The Morgan fingerprint density at radius 1 is 0.854 bits per heavy atom. The molecular formula is C25H23F7N6O3. The lowest BCUT2D eigenvalue weighted by Crippen LogP contribution is -2.54. The number of aromatic amines is 1. The molecule has 1 N–H and O–H groups in total. The second kappa shape index (κ2) is 11.1. The van der Waals surface area contributed by atoms with Crippen LogP contribution >= 0.6 is 0 Å². The first-order chi connectivity index (χ1) is 19.5. The van der Waals surface area contributed by atoms with E-state index in [0.29, 0.717) is 55.6 Å². The third-order valence-electron chi connectivity index (χ3n) is 7.38. The number of nitrogens with zero attached hydrogens (tertiary/aromatic N) is 5. The van der Waals surface area contributed by atoms with Crippen molar-refractivity contribution in [3.8, 4) is 0 Å². The van der Waals surface area contributed by atoms with E-state index in [1.807, 2.05) is 0 Å². The normalized spacial score (nSPS) is 17.3.